The Hall–Kier alpha value is -1.51. The zero-order valence-electron chi connectivity index (χ0n) is 13.3. The van der Waals surface area contributed by atoms with E-state index in [9.17, 15) is 4.79 Å². The van der Waals surface area contributed by atoms with Crippen molar-refractivity contribution >= 4 is 5.91 Å². The number of hydrogen-bond donors (Lipinski definition) is 1. The zero-order valence-corrected chi connectivity index (χ0v) is 13.3. The molecule has 0 fully saturated rings. The van der Waals surface area contributed by atoms with Crippen molar-refractivity contribution in [3.63, 3.8) is 0 Å². The Kier molecular flexibility index (Phi) is 6.56. The van der Waals surface area contributed by atoms with Crippen LogP contribution in [-0.4, -0.2) is 18.6 Å². The standard InChI is InChI=1S/C17H27NO2/c1-6-13(4)15-9-7-8-10-16(15)20-11-17(19)18-14(5)12(2)3/h7-10,12-14H,6,11H2,1-5H3,(H,18,19). The van der Waals surface area contributed by atoms with Gasteiger partial charge in [-0.2, -0.15) is 0 Å². The van der Waals surface area contributed by atoms with Crippen LogP contribution in [-0.2, 0) is 4.79 Å². The predicted molar refractivity (Wildman–Crippen MR) is 83.1 cm³/mol. The lowest BCUT2D eigenvalue weighted by Gasteiger charge is -2.19. The van der Waals surface area contributed by atoms with Crippen molar-refractivity contribution in [2.75, 3.05) is 6.61 Å². The van der Waals surface area contributed by atoms with Crippen molar-refractivity contribution in [2.24, 2.45) is 5.92 Å². The van der Waals surface area contributed by atoms with Crippen LogP contribution in [0.4, 0.5) is 0 Å². The number of carbonyl (C=O) groups excluding carboxylic acids is 1. The van der Waals surface area contributed by atoms with Crippen LogP contribution in [0.1, 0.15) is 52.5 Å². The van der Waals surface area contributed by atoms with Gasteiger partial charge in [-0.05, 0) is 36.8 Å². The molecule has 0 heterocycles. The van der Waals surface area contributed by atoms with E-state index in [0.29, 0.717) is 11.8 Å². The fourth-order valence-corrected chi connectivity index (χ4v) is 1.84. The third-order valence-corrected chi connectivity index (χ3v) is 3.81. The highest BCUT2D eigenvalue weighted by Crippen LogP contribution is 2.28. The summed E-state index contributed by atoms with van der Waals surface area (Å²) in [6.07, 6.45) is 1.05. The molecule has 0 aliphatic carbocycles. The molecule has 0 saturated carbocycles. The Labute approximate surface area is 122 Å². The molecule has 2 unspecified atom stereocenters. The first-order valence-electron chi connectivity index (χ1n) is 7.46. The highest BCUT2D eigenvalue weighted by atomic mass is 16.5. The average Bonchev–Trinajstić information content (AvgIpc) is 2.44. The van der Waals surface area contributed by atoms with Gasteiger partial charge in [-0.3, -0.25) is 4.79 Å². The molecule has 0 aliphatic heterocycles. The maximum absolute atomic E-state index is 11.8. The van der Waals surface area contributed by atoms with Crippen LogP contribution in [0, 0.1) is 5.92 Å². The fourth-order valence-electron chi connectivity index (χ4n) is 1.84. The van der Waals surface area contributed by atoms with Gasteiger partial charge < -0.3 is 10.1 Å². The lowest BCUT2D eigenvalue weighted by molar-refractivity contribution is -0.124. The summed E-state index contributed by atoms with van der Waals surface area (Å²) < 4.78 is 5.69. The molecule has 0 bridgehead atoms. The van der Waals surface area contributed by atoms with Crippen LogP contribution in [0.2, 0.25) is 0 Å². The van der Waals surface area contributed by atoms with Gasteiger partial charge in [-0.25, -0.2) is 0 Å². The molecule has 1 aromatic rings. The summed E-state index contributed by atoms with van der Waals surface area (Å²) in [5, 5.41) is 2.95. The van der Waals surface area contributed by atoms with E-state index in [1.165, 1.54) is 5.56 Å². The number of ether oxygens (including phenoxy) is 1. The molecule has 1 amide bonds. The number of nitrogens with one attached hydrogen (secondary N) is 1. The highest BCUT2D eigenvalue weighted by molar-refractivity contribution is 5.77. The molecule has 1 N–H and O–H groups in total. The van der Waals surface area contributed by atoms with Crippen LogP contribution in [0.15, 0.2) is 24.3 Å². The van der Waals surface area contributed by atoms with E-state index in [4.69, 9.17) is 4.74 Å². The number of rotatable bonds is 7. The molecule has 3 nitrogen and oxygen atoms in total. The second kappa shape index (κ2) is 7.93. The first-order valence-corrected chi connectivity index (χ1v) is 7.46. The monoisotopic (exact) mass is 277 g/mol. The number of para-hydroxylation sites is 1. The molecule has 112 valence electrons. The average molecular weight is 277 g/mol. The predicted octanol–water partition coefficient (Wildman–Crippen LogP) is 3.74. The van der Waals surface area contributed by atoms with Crippen molar-refractivity contribution < 1.29 is 9.53 Å². The van der Waals surface area contributed by atoms with Crippen molar-refractivity contribution in [3.8, 4) is 5.75 Å². The van der Waals surface area contributed by atoms with E-state index >= 15 is 0 Å². The van der Waals surface area contributed by atoms with E-state index < -0.39 is 0 Å². The smallest absolute Gasteiger partial charge is 0.258 e. The Morgan fingerprint density at radius 2 is 1.85 bits per heavy atom. The van der Waals surface area contributed by atoms with Crippen LogP contribution >= 0.6 is 0 Å². The number of carbonyl (C=O) groups is 1. The lowest BCUT2D eigenvalue weighted by Crippen LogP contribution is -2.39. The van der Waals surface area contributed by atoms with Gasteiger partial charge in [0.2, 0.25) is 0 Å². The number of hydrogen-bond acceptors (Lipinski definition) is 2. The summed E-state index contributed by atoms with van der Waals surface area (Å²) >= 11 is 0. The fraction of sp³-hybridized carbons (Fsp3) is 0.588. The SMILES string of the molecule is CCC(C)c1ccccc1OCC(=O)NC(C)C(C)C. The first-order chi connectivity index (χ1) is 9.45. The van der Waals surface area contributed by atoms with Crippen LogP contribution < -0.4 is 10.1 Å². The van der Waals surface area contributed by atoms with Gasteiger partial charge >= 0.3 is 0 Å². The normalized spacial score (nSPS) is 13.9. The van der Waals surface area contributed by atoms with Gasteiger partial charge in [0, 0.05) is 6.04 Å². The first kappa shape index (κ1) is 16.5. The van der Waals surface area contributed by atoms with Crippen molar-refractivity contribution in [3.05, 3.63) is 29.8 Å². The summed E-state index contributed by atoms with van der Waals surface area (Å²) in [6, 6.07) is 8.11. The Bertz CT molecular complexity index is 429. The molecule has 1 aromatic carbocycles. The van der Waals surface area contributed by atoms with Gasteiger partial charge in [0.1, 0.15) is 5.75 Å². The lowest BCUT2D eigenvalue weighted by atomic mass is 9.98. The minimum Gasteiger partial charge on any atom is -0.483 e. The van der Waals surface area contributed by atoms with E-state index in [0.717, 1.165) is 12.2 Å². The minimum absolute atomic E-state index is 0.0647. The Balaban J connectivity index is 2.59. The molecule has 0 aromatic heterocycles. The van der Waals surface area contributed by atoms with Crippen LogP contribution in [0.3, 0.4) is 0 Å². The molecule has 1 rings (SSSR count). The highest BCUT2D eigenvalue weighted by Gasteiger charge is 2.13. The molecule has 2 atom stereocenters. The second-order valence-electron chi connectivity index (χ2n) is 5.74. The molecular formula is C17H27NO2. The summed E-state index contributed by atoms with van der Waals surface area (Å²) in [5.74, 6) is 1.61. The summed E-state index contributed by atoms with van der Waals surface area (Å²) in [5.41, 5.74) is 1.17. The van der Waals surface area contributed by atoms with E-state index in [-0.39, 0.29) is 18.6 Å². The summed E-state index contributed by atoms with van der Waals surface area (Å²) in [6.45, 7) is 10.6. The molecular weight excluding hydrogens is 250 g/mol. The van der Waals surface area contributed by atoms with Crippen molar-refractivity contribution in [2.45, 2.75) is 53.0 Å². The molecule has 20 heavy (non-hydrogen) atoms. The quantitative estimate of drug-likeness (QED) is 0.824. The molecule has 0 saturated heterocycles. The van der Waals surface area contributed by atoms with Crippen molar-refractivity contribution in [1.29, 1.82) is 0 Å². The molecule has 3 heteroatoms. The van der Waals surface area contributed by atoms with Crippen molar-refractivity contribution in [1.82, 2.24) is 5.32 Å². The summed E-state index contributed by atoms with van der Waals surface area (Å²) in [4.78, 5) is 11.8. The maximum atomic E-state index is 11.8. The Morgan fingerprint density at radius 1 is 1.20 bits per heavy atom. The maximum Gasteiger partial charge on any atom is 0.258 e. The van der Waals surface area contributed by atoms with E-state index in [1.807, 2.05) is 25.1 Å². The second-order valence-corrected chi connectivity index (χ2v) is 5.74. The van der Waals surface area contributed by atoms with E-state index in [2.05, 4.69) is 39.1 Å². The van der Waals surface area contributed by atoms with Gasteiger partial charge in [-0.15, -0.1) is 0 Å². The molecule has 0 spiro atoms. The number of benzene rings is 1. The van der Waals surface area contributed by atoms with Gasteiger partial charge in [0.05, 0.1) is 0 Å². The topological polar surface area (TPSA) is 38.3 Å². The van der Waals surface area contributed by atoms with Gasteiger partial charge in [-0.1, -0.05) is 45.9 Å². The molecule has 0 aliphatic rings. The van der Waals surface area contributed by atoms with Gasteiger partial charge in [0.25, 0.3) is 5.91 Å². The zero-order chi connectivity index (χ0) is 15.1. The summed E-state index contributed by atoms with van der Waals surface area (Å²) in [7, 11) is 0. The third-order valence-electron chi connectivity index (χ3n) is 3.81. The largest absolute Gasteiger partial charge is 0.483 e. The third kappa shape index (κ3) is 4.87. The molecule has 0 radical (unpaired) electrons. The minimum atomic E-state index is -0.0647. The Morgan fingerprint density at radius 3 is 2.45 bits per heavy atom. The van der Waals surface area contributed by atoms with Gasteiger partial charge in [0.15, 0.2) is 6.61 Å². The van der Waals surface area contributed by atoms with Crippen LogP contribution in [0.5, 0.6) is 5.75 Å². The van der Waals surface area contributed by atoms with Crippen LogP contribution in [0.25, 0.3) is 0 Å². The number of amides is 1. The van der Waals surface area contributed by atoms with E-state index in [1.54, 1.807) is 0 Å².